The number of carbonyl (C=O) groups is 1. The third kappa shape index (κ3) is 2.90. The van der Waals surface area contributed by atoms with E-state index in [9.17, 15) is 26.7 Å². The molecule has 0 saturated carbocycles. The number of rotatable bonds is 3. The van der Waals surface area contributed by atoms with E-state index >= 15 is 0 Å². The van der Waals surface area contributed by atoms with Gasteiger partial charge < -0.3 is 5.32 Å². The van der Waals surface area contributed by atoms with Crippen LogP contribution in [0.2, 0.25) is 0 Å². The molecule has 1 amide bonds. The minimum Gasteiger partial charge on any atom is -0.323 e. The van der Waals surface area contributed by atoms with Crippen LogP contribution in [0.4, 0.5) is 27.6 Å². The molecule has 2 rings (SSSR count). The summed E-state index contributed by atoms with van der Waals surface area (Å²) in [6, 6.07) is 0. The molecule has 1 heterocycles. The molecule has 0 aliphatic heterocycles. The predicted octanol–water partition coefficient (Wildman–Crippen LogP) is 3.20. The van der Waals surface area contributed by atoms with Crippen molar-refractivity contribution in [1.29, 1.82) is 0 Å². The zero-order valence-electron chi connectivity index (χ0n) is 12.4. The third-order valence-corrected chi connectivity index (χ3v) is 3.29. The molecule has 0 atom stereocenters. The maximum absolute atomic E-state index is 13.7. The average molecular weight is 333 g/mol. The van der Waals surface area contributed by atoms with Crippen molar-refractivity contribution >= 4 is 11.6 Å². The number of benzene rings is 1. The SMILES string of the molecule is CC(=O)Nc1c(C)nn(Cc2c(F)c(F)c(F)c(F)c2F)c1C. The van der Waals surface area contributed by atoms with Crippen LogP contribution in [0.15, 0.2) is 0 Å². The molecule has 1 aromatic heterocycles. The van der Waals surface area contributed by atoms with Gasteiger partial charge in [-0.05, 0) is 13.8 Å². The first kappa shape index (κ1) is 16.9. The highest BCUT2D eigenvalue weighted by atomic mass is 19.2. The van der Waals surface area contributed by atoms with Crippen LogP contribution in [0.3, 0.4) is 0 Å². The summed E-state index contributed by atoms with van der Waals surface area (Å²) < 4.78 is 67.9. The van der Waals surface area contributed by atoms with Gasteiger partial charge in [0.05, 0.1) is 29.2 Å². The van der Waals surface area contributed by atoms with Gasteiger partial charge >= 0.3 is 0 Å². The Bertz CT molecular complexity index is 771. The molecule has 0 bridgehead atoms. The molecule has 0 aliphatic carbocycles. The Morgan fingerprint density at radius 2 is 1.48 bits per heavy atom. The van der Waals surface area contributed by atoms with Gasteiger partial charge in [0.25, 0.3) is 0 Å². The fourth-order valence-electron chi connectivity index (χ4n) is 2.15. The van der Waals surface area contributed by atoms with Gasteiger partial charge in [0.1, 0.15) is 0 Å². The highest BCUT2D eigenvalue weighted by Crippen LogP contribution is 2.26. The number of halogens is 5. The first-order chi connectivity index (χ1) is 10.6. The molecule has 2 aromatic rings. The Kier molecular flexibility index (Phi) is 4.39. The fourth-order valence-corrected chi connectivity index (χ4v) is 2.15. The second-order valence-corrected chi connectivity index (χ2v) is 4.93. The number of aromatic nitrogens is 2. The van der Waals surface area contributed by atoms with Gasteiger partial charge in [-0.2, -0.15) is 5.10 Å². The van der Waals surface area contributed by atoms with Gasteiger partial charge in [-0.25, -0.2) is 22.0 Å². The molecular weight excluding hydrogens is 321 g/mol. The number of nitrogens with zero attached hydrogens (tertiary/aromatic N) is 2. The minimum absolute atomic E-state index is 0.321. The first-order valence-electron chi connectivity index (χ1n) is 6.47. The number of anilines is 1. The summed E-state index contributed by atoms with van der Waals surface area (Å²) in [5, 5.41) is 6.44. The van der Waals surface area contributed by atoms with Gasteiger partial charge in [-0.15, -0.1) is 0 Å². The van der Waals surface area contributed by atoms with E-state index in [4.69, 9.17) is 0 Å². The first-order valence-corrected chi connectivity index (χ1v) is 6.47. The maximum atomic E-state index is 13.7. The summed E-state index contributed by atoms with van der Waals surface area (Å²) in [5.41, 5.74) is -0.00837. The number of aryl methyl sites for hydroxylation is 1. The maximum Gasteiger partial charge on any atom is 0.221 e. The van der Waals surface area contributed by atoms with E-state index in [1.807, 2.05) is 0 Å². The monoisotopic (exact) mass is 333 g/mol. The molecule has 9 heteroatoms. The summed E-state index contributed by atoms with van der Waals surface area (Å²) >= 11 is 0. The van der Waals surface area contributed by atoms with Crippen molar-refractivity contribution in [3.8, 4) is 0 Å². The highest BCUT2D eigenvalue weighted by Gasteiger charge is 2.26. The molecule has 0 aliphatic rings. The summed E-state index contributed by atoms with van der Waals surface area (Å²) in [6.07, 6.45) is 0. The predicted molar refractivity (Wildman–Crippen MR) is 71.3 cm³/mol. The van der Waals surface area contributed by atoms with E-state index in [2.05, 4.69) is 10.4 Å². The van der Waals surface area contributed by atoms with Crippen molar-refractivity contribution < 1.29 is 26.7 Å². The number of nitrogens with one attached hydrogen (secondary N) is 1. The molecular formula is C14H12F5N3O. The van der Waals surface area contributed by atoms with Gasteiger partial charge in [0.15, 0.2) is 23.3 Å². The molecule has 0 spiro atoms. The number of carbonyl (C=O) groups excluding carboxylic acids is 1. The summed E-state index contributed by atoms with van der Waals surface area (Å²) in [5.74, 6) is -10.4. The summed E-state index contributed by atoms with van der Waals surface area (Å²) in [6.45, 7) is 3.63. The number of hydrogen-bond acceptors (Lipinski definition) is 2. The van der Waals surface area contributed by atoms with Crippen LogP contribution in [0, 0.1) is 42.9 Å². The van der Waals surface area contributed by atoms with Crippen molar-refractivity contribution in [3.05, 3.63) is 46.0 Å². The van der Waals surface area contributed by atoms with Crippen molar-refractivity contribution in [3.63, 3.8) is 0 Å². The fraction of sp³-hybridized carbons (Fsp3) is 0.286. The number of hydrogen-bond donors (Lipinski definition) is 1. The zero-order valence-corrected chi connectivity index (χ0v) is 12.4. The van der Waals surface area contributed by atoms with E-state index in [1.165, 1.54) is 20.8 Å². The molecule has 4 nitrogen and oxygen atoms in total. The normalized spacial score (nSPS) is 11.0. The van der Waals surface area contributed by atoms with Crippen molar-refractivity contribution in [2.24, 2.45) is 0 Å². The van der Waals surface area contributed by atoms with Gasteiger partial charge in [-0.3, -0.25) is 9.48 Å². The van der Waals surface area contributed by atoms with Crippen molar-refractivity contribution in [2.75, 3.05) is 5.32 Å². The second-order valence-electron chi connectivity index (χ2n) is 4.93. The lowest BCUT2D eigenvalue weighted by Crippen LogP contribution is -2.13. The van der Waals surface area contributed by atoms with Crippen LogP contribution in [0.1, 0.15) is 23.9 Å². The highest BCUT2D eigenvalue weighted by molar-refractivity contribution is 5.89. The Hall–Kier alpha value is -2.45. The Balaban J connectivity index is 2.51. The Labute approximate surface area is 127 Å². The molecule has 0 radical (unpaired) electrons. The molecule has 124 valence electrons. The van der Waals surface area contributed by atoms with E-state index in [1.54, 1.807) is 0 Å². The zero-order chi connectivity index (χ0) is 17.5. The molecule has 1 aromatic carbocycles. The standard InChI is InChI=1S/C14H12F5N3O/c1-5-14(20-7(3)23)6(2)22(21-5)4-8-9(15)11(17)13(19)12(18)10(8)16/h4H2,1-3H3,(H,20,23). The van der Waals surface area contributed by atoms with Crippen LogP contribution < -0.4 is 5.32 Å². The van der Waals surface area contributed by atoms with Crippen molar-refractivity contribution in [2.45, 2.75) is 27.3 Å². The lowest BCUT2D eigenvalue weighted by atomic mass is 10.1. The molecule has 1 N–H and O–H groups in total. The molecule has 0 saturated heterocycles. The quantitative estimate of drug-likeness (QED) is 0.533. The molecule has 23 heavy (non-hydrogen) atoms. The largest absolute Gasteiger partial charge is 0.323 e. The third-order valence-electron chi connectivity index (χ3n) is 3.29. The van der Waals surface area contributed by atoms with Gasteiger partial charge in [-0.1, -0.05) is 0 Å². The van der Waals surface area contributed by atoms with E-state index in [-0.39, 0.29) is 5.91 Å². The Morgan fingerprint density at radius 3 is 1.96 bits per heavy atom. The van der Waals surface area contributed by atoms with Crippen LogP contribution >= 0.6 is 0 Å². The topological polar surface area (TPSA) is 46.9 Å². The van der Waals surface area contributed by atoms with Crippen LogP contribution in [0.5, 0.6) is 0 Å². The summed E-state index contributed by atoms with van der Waals surface area (Å²) in [4.78, 5) is 11.1. The van der Waals surface area contributed by atoms with Crippen LogP contribution in [-0.2, 0) is 11.3 Å². The second kappa shape index (κ2) is 5.98. The van der Waals surface area contributed by atoms with E-state index < -0.39 is 41.2 Å². The van der Waals surface area contributed by atoms with Crippen molar-refractivity contribution in [1.82, 2.24) is 9.78 Å². The number of amides is 1. The Morgan fingerprint density at radius 1 is 1.00 bits per heavy atom. The molecule has 0 unspecified atom stereocenters. The molecule has 0 fully saturated rings. The minimum atomic E-state index is -2.21. The van der Waals surface area contributed by atoms with Crippen LogP contribution in [-0.4, -0.2) is 15.7 Å². The van der Waals surface area contributed by atoms with Gasteiger partial charge in [0.2, 0.25) is 11.7 Å². The van der Waals surface area contributed by atoms with Crippen LogP contribution in [0.25, 0.3) is 0 Å². The van der Waals surface area contributed by atoms with E-state index in [0.717, 1.165) is 4.68 Å². The lowest BCUT2D eigenvalue weighted by Gasteiger charge is -2.10. The average Bonchev–Trinajstić information content (AvgIpc) is 2.74. The smallest absolute Gasteiger partial charge is 0.221 e. The van der Waals surface area contributed by atoms with Gasteiger partial charge in [0, 0.05) is 6.92 Å². The summed E-state index contributed by atoms with van der Waals surface area (Å²) in [7, 11) is 0. The lowest BCUT2D eigenvalue weighted by molar-refractivity contribution is -0.114. The van der Waals surface area contributed by atoms with E-state index in [0.29, 0.717) is 17.1 Å².